The van der Waals surface area contributed by atoms with E-state index in [1.165, 1.54) is 11.3 Å². The number of carbonyl (C=O) groups excluding carboxylic acids is 1. The normalized spacial score (nSPS) is 16.3. The van der Waals surface area contributed by atoms with E-state index in [0.717, 1.165) is 18.5 Å². The van der Waals surface area contributed by atoms with Gasteiger partial charge in [0.2, 0.25) is 0 Å². The Hall–Kier alpha value is -1.63. The zero-order valence-corrected chi connectivity index (χ0v) is 13.3. The number of hydrogen-bond donors (Lipinski definition) is 3. The van der Waals surface area contributed by atoms with Gasteiger partial charge >= 0.3 is 12.0 Å². The molecule has 0 bridgehead atoms. The largest absolute Gasteiger partial charge is 0.481 e. The van der Waals surface area contributed by atoms with Crippen LogP contribution >= 0.6 is 11.3 Å². The first-order valence-electron chi connectivity index (χ1n) is 7.01. The molecule has 1 aromatic rings. The summed E-state index contributed by atoms with van der Waals surface area (Å²) < 4.78 is 0. The van der Waals surface area contributed by atoms with E-state index in [0.29, 0.717) is 5.13 Å². The van der Waals surface area contributed by atoms with E-state index in [2.05, 4.69) is 36.4 Å². The van der Waals surface area contributed by atoms with Crippen LogP contribution in [0.3, 0.4) is 0 Å². The second-order valence-electron chi connectivity index (χ2n) is 6.43. The highest BCUT2D eigenvalue weighted by atomic mass is 32.1. The average molecular weight is 311 g/mol. The SMILES string of the molecule is CC(C)(C)c1csc(NC(=O)NC(CC(=O)O)C2CC2)n1. The predicted octanol–water partition coefficient (Wildman–Crippen LogP) is 2.82. The van der Waals surface area contributed by atoms with Gasteiger partial charge in [-0.3, -0.25) is 10.1 Å². The summed E-state index contributed by atoms with van der Waals surface area (Å²) in [6.45, 7) is 6.17. The number of carboxylic acids is 1. The summed E-state index contributed by atoms with van der Waals surface area (Å²) in [7, 11) is 0. The highest BCUT2D eigenvalue weighted by Crippen LogP contribution is 2.34. The number of carbonyl (C=O) groups is 2. The number of amides is 2. The number of carboxylic acid groups (broad SMARTS) is 1. The monoisotopic (exact) mass is 311 g/mol. The first kappa shape index (κ1) is 15.8. The Morgan fingerprint density at radius 2 is 2.14 bits per heavy atom. The van der Waals surface area contributed by atoms with Gasteiger partial charge in [0.05, 0.1) is 12.1 Å². The van der Waals surface area contributed by atoms with Gasteiger partial charge in [-0.25, -0.2) is 9.78 Å². The Morgan fingerprint density at radius 1 is 1.48 bits per heavy atom. The molecular formula is C14H21N3O3S. The second-order valence-corrected chi connectivity index (χ2v) is 7.29. The molecule has 0 aliphatic heterocycles. The maximum atomic E-state index is 11.9. The van der Waals surface area contributed by atoms with Crippen molar-refractivity contribution in [3.8, 4) is 0 Å². The quantitative estimate of drug-likeness (QED) is 0.779. The lowest BCUT2D eigenvalue weighted by atomic mass is 9.93. The van der Waals surface area contributed by atoms with Crippen LogP contribution in [0.5, 0.6) is 0 Å². The van der Waals surface area contributed by atoms with Crippen molar-refractivity contribution in [3.05, 3.63) is 11.1 Å². The molecule has 21 heavy (non-hydrogen) atoms. The van der Waals surface area contributed by atoms with Crippen LogP contribution in [-0.2, 0) is 10.2 Å². The Labute approximate surface area is 128 Å². The molecule has 1 aromatic heterocycles. The van der Waals surface area contributed by atoms with Gasteiger partial charge in [0, 0.05) is 16.8 Å². The summed E-state index contributed by atoms with van der Waals surface area (Å²) in [5.74, 6) is -0.607. The predicted molar refractivity (Wildman–Crippen MR) is 81.7 cm³/mol. The number of hydrogen-bond acceptors (Lipinski definition) is 4. The van der Waals surface area contributed by atoms with Crippen LogP contribution < -0.4 is 10.6 Å². The van der Waals surface area contributed by atoms with Gasteiger partial charge in [0.25, 0.3) is 0 Å². The van der Waals surface area contributed by atoms with E-state index >= 15 is 0 Å². The molecule has 6 nitrogen and oxygen atoms in total. The maximum Gasteiger partial charge on any atom is 0.321 e. The number of thiazole rings is 1. The molecule has 0 aromatic carbocycles. The number of aliphatic carboxylic acids is 1. The van der Waals surface area contributed by atoms with E-state index in [1.807, 2.05) is 5.38 Å². The Kier molecular flexibility index (Phi) is 4.51. The molecule has 1 fully saturated rings. The van der Waals surface area contributed by atoms with Crippen LogP contribution in [0.25, 0.3) is 0 Å². The topological polar surface area (TPSA) is 91.3 Å². The molecule has 1 saturated carbocycles. The molecule has 7 heteroatoms. The van der Waals surface area contributed by atoms with E-state index in [4.69, 9.17) is 5.11 Å². The van der Waals surface area contributed by atoms with Crippen LogP contribution in [0.2, 0.25) is 0 Å². The van der Waals surface area contributed by atoms with Crippen molar-refractivity contribution >= 4 is 28.5 Å². The summed E-state index contributed by atoms with van der Waals surface area (Å²) >= 11 is 1.37. The zero-order chi connectivity index (χ0) is 15.6. The number of nitrogens with zero attached hydrogens (tertiary/aromatic N) is 1. The van der Waals surface area contributed by atoms with Crippen molar-refractivity contribution in [2.24, 2.45) is 5.92 Å². The van der Waals surface area contributed by atoms with E-state index < -0.39 is 5.97 Å². The van der Waals surface area contributed by atoms with Gasteiger partial charge in [-0.2, -0.15) is 0 Å². The summed E-state index contributed by atoms with van der Waals surface area (Å²) in [5, 5.41) is 16.8. The highest BCUT2D eigenvalue weighted by Gasteiger charge is 2.33. The fourth-order valence-electron chi connectivity index (χ4n) is 2.00. The fraction of sp³-hybridized carbons (Fsp3) is 0.643. The van der Waals surface area contributed by atoms with Crippen LogP contribution in [-0.4, -0.2) is 28.1 Å². The molecule has 2 rings (SSSR count). The lowest BCUT2D eigenvalue weighted by Crippen LogP contribution is -2.40. The van der Waals surface area contributed by atoms with Gasteiger partial charge in [-0.15, -0.1) is 11.3 Å². The molecule has 116 valence electrons. The molecular weight excluding hydrogens is 290 g/mol. The second kappa shape index (κ2) is 6.01. The first-order chi connectivity index (χ1) is 9.75. The smallest absolute Gasteiger partial charge is 0.321 e. The van der Waals surface area contributed by atoms with E-state index in [9.17, 15) is 9.59 Å². The molecule has 1 heterocycles. The number of aromatic nitrogens is 1. The average Bonchev–Trinajstić information content (AvgIpc) is 3.07. The molecule has 0 spiro atoms. The molecule has 1 aliphatic carbocycles. The third-order valence-corrected chi connectivity index (χ3v) is 4.15. The Balaban J connectivity index is 1.91. The van der Waals surface area contributed by atoms with Crippen LogP contribution in [0.1, 0.15) is 45.7 Å². The minimum Gasteiger partial charge on any atom is -0.481 e. The summed E-state index contributed by atoms with van der Waals surface area (Å²) in [4.78, 5) is 27.1. The van der Waals surface area contributed by atoms with Crippen LogP contribution in [0.15, 0.2) is 5.38 Å². The third-order valence-electron chi connectivity index (χ3n) is 3.40. The van der Waals surface area contributed by atoms with Gasteiger partial charge in [-0.05, 0) is 18.8 Å². The minimum absolute atomic E-state index is 0.0385. The number of anilines is 1. The van der Waals surface area contributed by atoms with Crippen molar-refractivity contribution in [3.63, 3.8) is 0 Å². The van der Waals surface area contributed by atoms with E-state index in [-0.39, 0.29) is 29.8 Å². The summed E-state index contributed by atoms with van der Waals surface area (Å²) in [6.07, 6.45) is 1.91. The van der Waals surface area contributed by atoms with Gasteiger partial charge in [0.1, 0.15) is 0 Å². The standard InChI is InChI=1S/C14H21N3O3S/c1-14(2,3)10-7-21-13(16-10)17-12(20)15-9(6-11(18)19)8-4-5-8/h7-9H,4-6H2,1-3H3,(H,18,19)(H2,15,16,17,20). The lowest BCUT2D eigenvalue weighted by Gasteiger charge is -2.16. The van der Waals surface area contributed by atoms with Crippen molar-refractivity contribution in [1.82, 2.24) is 10.3 Å². The molecule has 2 amide bonds. The number of urea groups is 1. The summed E-state index contributed by atoms with van der Waals surface area (Å²) in [6, 6.07) is -0.687. The lowest BCUT2D eigenvalue weighted by molar-refractivity contribution is -0.137. The Morgan fingerprint density at radius 3 is 2.62 bits per heavy atom. The molecule has 1 atom stereocenters. The van der Waals surface area contributed by atoms with Crippen molar-refractivity contribution in [1.29, 1.82) is 0 Å². The number of rotatable bonds is 5. The number of nitrogens with one attached hydrogen (secondary N) is 2. The van der Waals surface area contributed by atoms with Crippen molar-refractivity contribution in [2.75, 3.05) is 5.32 Å². The van der Waals surface area contributed by atoms with Gasteiger partial charge in [0.15, 0.2) is 5.13 Å². The van der Waals surface area contributed by atoms with Crippen LogP contribution in [0, 0.1) is 5.92 Å². The fourth-order valence-corrected chi connectivity index (χ4v) is 2.93. The third kappa shape index (κ3) is 4.70. The van der Waals surface area contributed by atoms with E-state index in [1.54, 1.807) is 0 Å². The van der Waals surface area contributed by atoms with Crippen molar-refractivity contribution < 1.29 is 14.7 Å². The maximum absolute atomic E-state index is 11.9. The van der Waals surface area contributed by atoms with Gasteiger partial charge in [-0.1, -0.05) is 20.8 Å². The molecule has 3 N–H and O–H groups in total. The zero-order valence-electron chi connectivity index (χ0n) is 12.5. The molecule has 1 unspecified atom stereocenters. The Bertz CT molecular complexity index is 532. The summed E-state index contributed by atoms with van der Waals surface area (Å²) in [5.41, 5.74) is 0.860. The van der Waals surface area contributed by atoms with Crippen molar-refractivity contribution in [2.45, 2.75) is 51.5 Å². The van der Waals surface area contributed by atoms with Gasteiger partial charge < -0.3 is 10.4 Å². The molecule has 1 aliphatic rings. The first-order valence-corrected chi connectivity index (χ1v) is 7.89. The highest BCUT2D eigenvalue weighted by molar-refractivity contribution is 7.13. The van der Waals surface area contributed by atoms with Crippen LogP contribution in [0.4, 0.5) is 9.93 Å². The minimum atomic E-state index is -0.892. The molecule has 0 radical (unpaired) electrons. The molecule has 0 saturated heterocycles.